The van der Waals surface area contributed by atoms with Gasteiger partial charge in [0.1, 0.15) is 0 Å². The fourth-order valence-corrected chi connectivity index (χ4v) is 2.62. The Balaban J connectivity index is -0.00000103. The predicted molar refractivity (Wildman–Crippen MR) is 93.3 cm³/mol. The molecule has 0 fully saturated rings. The summed E-state index contributed by atoms with van der Waals surface area (Å²) < 4.78 is 0. The maximum atomic E-state index is 6.50. The van der Waals surface area contributed by atoms with Gasteiger partial charge in [0.15, 0.2) is 0 Å². The molecular weight excluding hydrogens is 246 g/mol. The third-order valence-electron chi connectivity index (χ3n) is 3.96. The van der Waals surface area contributed by atoms with Crippen LogP contribution in [0.1, 0.15) is 118 Å². The highest BCUT2D eigenvalue weighted by Gasteiger charge is 1.93. The molecule has 0 atom stereocenters. The van der Waals surface area contributed by atoms with Crippen molar-refractivity contribution in [2.45, 2.75) is 117 Å². The summed E-state index contributed by atoms with van der Waals surface area (Å²) in [7, 11) is 0. The Bertz CT molecular complexity index is 129. The molecule has 0 saturated carbocycles. The maximum absolute atomic E-state index is 6.50. The van der Waals surface area contributed by atoms with Gasteiger partial charge in [-0.1, -0.05) is 117 Å². The number of hydrogen-bond donors (Lipinski definition) is 2. The Kier molecular flexibility index (Phi) is 26.6. The quantitative estimate of drug-likeness (QED) is 0.256. The van der Waals surface area contributed by atoms with Crippen LogP contribution in [-0.4, -0.2) is 5.21 Å². The molecule has 0 saturated heterocycles. The molecule has 0 aliphatic heterocycles. The summed E-state index contributed by atoms with van der Waals surface area (Å²) in [6.07, 6.45) is 23.4. The van der Waals surface area contributed by atoms with Crippen LogP contribution in [0, 0.1) is 0 Å². The van der Waals surface area contributed by atoms with E-state index in [0.717, 1.165) is 0 Å². The van der Waals surface area contributed by atoms with E-state index < -0.39 is 0 Å². The van der Waals surface area contributed by atoms with Crippen molar-refractivity contribution in [3.05, 3.63) is 0 Å². The van der Waals surface area contributed by atoms with Crippen molar-refractivity contribution in [2.75, 3.05) is 0 Å². The first-order valence-corrected chi connectivity index (χ1v) is 9.17. The van der Waals surface area contributed by atoms with Crippen LogP contribution < -0.4 is 5.90 Å². The van der Waals surface area contributed by atoms with Crippen LogP contribution in [0.2, 0.25) is 0 Å². The number of rotatable bonds is 15. The van der Waals surface area contributed by atoms with Gasteiger partial charge in [0, 0.05) is 1.43 Å². The molecule has 0 amide bonds. The van der Waals surface area contributed by atoms with E-state index in [0.29, 0.717) is 0 Å². The smallest absolute Gasteiger partial charge is 0 e. The van der Waals surface area contributed by atoms with Gasteiger partial charge < -0.3 is 5.21 Å². The molecule has 0 aromatic rings. The van der Waals surface area contributed by atoms with Crippen molar-refractivity contribution in [3.8, 4) is 0 Å². The van der Waals surface area contributed by atoms with Crippen LogP contribution in [0.3, 0.4) is 0 Å². The summed E-state index contributed by atoms with van der Waals surface area (Å²) in [5.41, 5.74) is 0. The average Bonchev–Trinajstić information content (AvgIpc) is 2.50. The Hall–Kier alpha value is -0.0800. The average molecular weight is 290 g/mol. The highest BCUT2D eigenvalue weighted by Crippen LogP contribution is 2.13. The lowest BCUT2D eigenvalue weighted by Gasteiger charge is -2.03. The van der Waals surface area contributed by atoms with Crippen molar-refractivity contribution >= 4 is 0 Å². The lowest BCUT2D eigenvalue weighted by molar-refractivity contribution is 0.311. The van der Waals surface area contributed by atoms with Gasteiger partial charge in [-0.15, -0.1) is 0 Å². The Morgan fingerprint density at radius 2 is 0.600 bits per heavy atom. The zero-order chi connectivity index (χ0) is 15.3. The number of unbranched alkanes of at least 4 members (excludes halogenated alkanes) is 15. The van der Waals surface area contributed by atoms with Crippen molar-refractivity contribution in [3.63, 3.8) is 0 Å². The standard InChI is InChI=1S/C18H38.H3NO.H2/c1-3-5-7-9-11-13-15-17-18-16-14-12-10-8-6-4-2;1-2;/h3-18H2,1-2H3;2H,1H2;1H. The van der Waals surface area contributed by atoms with Gasteiger partial charge in [-0.2, -0.15) is 0 Å². The van der Waals surface area contributed by atoms with Crippen molar-refractivity contribution in [1.82, 2.24) is 0 Å². The predicted octanol–water partition coefficient (Wildman–Crippen LogP) is 6.85. The first-order valence-electron chi connectivity index (χ1n) is 9.17. The normalized spacial score (nSPS) is 10.2. The molecule has 0 aliphatic rings. The minimum Gasteiger partial charge on any atom is -0.320 e. The van der Waals surface area contributed by atoms with Crippen LogP contribution in [-0.2, 0) is 0 Å². The van der Waals surface area contributed by atoms with E-state index in [1.807, 2.05) is 0 Å². The summed E-state index contributed by atoms with van der Waals surface area (Å²) in [4.78, 5) is 0. The third kappa shape index (κ3) is 23.0. The van der Waals surface area contributed by atoms with Crippen molar-refractivity contribution in [1.29, 1.82) is 0 Å². The fraction of sp³-hybridized carbons (Fsp3) is 1.00. The number of hydrogen-bond acceptors (Lipinski definition) is 2. The molecule has 3 N–H and O–H groups in total. The first-order chi connectivity index (χ1) is 9.91. The molecule has 0 spiro atoms. The second kappa shape index (κ2) is 24.0. The highest BCUT2D eigenvalue weighted by atomic mass is 16.4. The minimum atomic E-state index is 0. The van der Waals surface area contributed by atoms with Crippen LogP contribution in [0.5, 0.6) is 0 Å². The van der Waals surface area contributed by atoms with Gasteiger partial charge in [-0.25, -0.2) is 5.90 Å². The summed E-state index contributed by atoms with van der Waals surface area (Å²) >= 11 is 0. The van der Waals surface area contributed by atoms with E-state index in [1.54, 1.807) is 0 Å². The molecular formula is C18H43NO. The molecule has 0 rings (SSSR count). The molecule has 0 aromatic carbocycles. The summed E-state index contributed by atoms with van der Waals surface area (Å²) in [6, 6.07) is 0. The van der Waals surface area contributed by atoms with E-state index >= 15 is 0 Å². The molecule has 0 radical (unpaired) electrons. The van der Waals surface area contributed by atoms with Gasteiger partial charge in [-0.05, 0) is 0 Å². The van der Waals surface area contributed by atoms with E-state index in [1.165, 1.54) is 103 Å². The van der Waals surface area contributed by atoms with E-state index in [-0.39, 0.29) is 1.43 Å². The summed E-state index contributed by atoms with van der Waals surface area (Å²) in [5.74, 6) is 3.50. The van der Waals surface area contributed by atoms with Crippen LogP contribution in [0.25, 0.3) is 0 Å². The lowest BCUT2D eigenvalue weighted by atomic mass is 10.0. The largest absolute Gasteiger partial charge is 0.320 e. The third-order valence-corrected chi connectivity index (χ3v) is 3.96. The van der Waals surface area contributed by atoms with E-state index in [2.05, 4.69) is 19.7 Å². The van der Waals surface area contributed by atoms with Gasteiger partial charge in [0.2, 0.25) is 0 Å². The summed E-state index contributed by atoms with van der Waals surface area (Å²) in [5, 5.41) is 6.50. The van der Waals surface area contributed by atoms with Gasteiger partial charge in [0.25, 0.3) is 0 Å². The van der Waals surface area contributed by atoms with Gasteiger partial charge in [-0.3, -0.25) is 0 Å². The molecule has 0 aliphatic carbocycles. The van der Waals surface area contributed by atoms with Crippen LogP contribution in [0.4, 0.5) is 0 Å². The number of nitrogens with two attached hydrogens (primary N) is 1. The Labute approximate surface area is 130 Å². The van der Waals surface area contributed by atoms with Crippen molar-refractivity contribution < 1.29 is 6.63 Å². The molecule has 0 bridgehead atoms. The molecule has 126 valence electrons. The van der Waals surface area contributed by atoms with Crippen LogP contribution >= 0.6 is 0 Å². The monoisotopic (exact) mass is 289 g/mol. The molecule has 20 heavy (non-hydrogen) atoms. The second-order valence-corrected chi connectivity index (χ2v) is 5.95. The van der Waals surface area contributed by atoms with E-state index in [9.17, 15) is 0 Å². The molecule has 0 aromatic heterocycles. The second-order valence-electron chi connectivity index (χ2n) is 5.95. The highest BCUT2D eigenvalue weighted by molar-refractivity contribution is 4.49. The molecule has 0 unspecified atom stereocenters. The maximum Gasteiger partial charge on any atom is 0 e. The first kappa shape index (κ1) is 22.2. The summed E-state index contributed by atoms with van der Waals surface area (Å²) in [6.45, 7) is 4.59. The zero-order valence-corrected chi connectivity index (χ0v) is 14.3. The Morgan fingerprint density at radius 1 is 0.450 bits per heavy atom. The van der Waals surface area contributed by atoms with Gasteiger partial charge >= 0.3 is 0 Å². The van der Waals surface area contributed by atoms with E-state index in [4.69, 9.17) is 5.21 Å². The van der Waals surface area contributed by atoms with Crippen molar-refractivity contribution in [2.24, 2.45) is 5.90 Å². The zero-order valence-electron chi connectivity index (χ0n) is 14.3. The van der Waals surface area contributed by atoms with Gasteiger partial charge in [0.05, 0.1) is 0 Å². The topological polar surface area (TPSA) is 46.2 Å². The molecule has 0 heterocycles. The Morgan fingerprint density at radius 3 is 0.750 bits per heavy atom. The fourth-order valence-electron chi connectivity index (χ4n) is 2.62. The minimum absolute atomic E-state index is 0. The molecule has 2 nitrogen and oxygen atoms in total. The van der Waals surface area contributed by atoms with Crippen LogP contribution in [0.15, 0.2) is 0 Å². The lowest BCUT2D eigenvalue weighted by Crippen LogP contribution is -1.83. The molecule has 2 heteroatoms. The SMILES string of the molecule is CCCCCCCCCCCCCCCCCC.NO.[HH].